The normalized spacial score (nSPS) is 13.9. The summed E-state index contributed by atoms with van der Waals surface area (Å²) in [7, 11) is 0. The lowest BCUT2D eigenvalue weighted by atomic mass is 10.1. The number of para-hydroxylation sites is 1. The summed E-state index contributed by atoms with van der Waals surface area (Å²) in [6.45, 7) is 5.24. The van der Waals surface area contributed by atoms with Crippen LogP contribution < -0.4 is 10.1 Å². The molecule has 2 N–H and O–H groups in total. The number of hydrogen-bond donors (Lipinski definition) is 2. The number of benzene rings is 1. The summed E-state index contributed by atoms with van der Waals surface area (Å²) in [5, 5.41) is 17.4. The van der Waals surface area contributed by atoms with E-state index in [2.05, 4.69) is 18.3 Å². The van der Waals surface area contributed by atoms with Crippen molar-refractivity contribution in [2.45, 2.75) is 26.0 Å². The van der Waals surface area contributed by atoms with E-state index in [0.717, 1.165) is 16.9 Å². The Morgan fingerprint density at radius 3 is 2.80 bits per heavy atom. The molecule has 0 aliphatic rings. The van der Waals surface area contributed by atoms with E-state index in [1.165, 1.54) is 0 Å². The van der Waals surface area contributed by atoms with Crippen molar-refractivity contribution in [3.8, 4) is 5.75 Å². The predicted octanol–water partition coefficient (Wildman–Crippen LogP) is 3.53. The van der Waals surface area contributed by atoms with Crippen molar-refractivity contribution >= 4 is 11.3 Å². The van der Waals surface area contributed by atoms with Crippen LogP contribution in [0.2, 0.25) is 0 Å². The summed E-state index contributed by atoms with van der Waals surface area (Å²) in [6.07, 6.45) is -0.469. The number of nitrogens with one attached hydrogen (secondary N) is 1. The first kappa shape index (κ1) is 15.0. The summed E-state index contributed by atoms with van der Waals surface area (Å²) >= 11 is 1.60. The van der Waals surface area contributed by atoms with Crippen LogP contribution in [0.1, 0.15) is 37.1 Å². The molecule has 1 heterocycles. The molecule has 0 amide bonds. The third-order valence-corrected chi connectivity index (χ3v) is 3.93. The van der Waals surface area contributed by atoms with Crippen molar-refractivity contribution in [1.82, 2.24) is 5.32 Å². The van der Waals surface area contributed by atoms with Crippen LogP contribution in [0.25, 0.3) is 0 Å². The van der Waals surface area contributed by atoms with Gasteiger partial charge in [-0.05, 0) is 42.3 Å². The third-order valence-electron chi connectivity index (χ3n) is 3.23. The van der Waals surface area contributed by atoms with Crippen molar-refractivity contribution in [1.29, 1.82) is 0 Å². The van der Waals surface area contributed by atoms with Gasteiger partial charge in [0.15, 0.2) is 0 Å². The molecular weight excluding hydrogens is 270 g/mol. The lowest BCUT2D eigenvalue weighted by Crippen LogP contribution is -2.24. The summed E-state index contributed by atoms with van der Waals surface area (Å²) in [5.74, 6) is 0.903. The molecular formula is C16H21NO2S. The summed E-state index contributed by atoms with van der Waals surface area (Å²) in [5.41, 5.74) is 2.08. The van der Waals surface area contributed by atoms with Gasteiger partial charge < -0.3 is 15.2 Å². The Balaban J connectivity index is 1.96. The molecule has 0 saturated heterocycles. The summed E-state index contributed by atoms with van der Waals surface area (Å²) in [4.78, 5) is 0. The van der Waals surface area contributed by atoms with Gasteiger partial charge >= 0.3 is 0 Å². The molecule has 0 spiro atoms. The van der Waals surface area contributed by atoms with Crippen molar-refractivity contribution in [2.24, 2.45) is 0 Å². The van der Waals surface area contributed by atoms with Crippen LogP contribution in [-0.4, -0.2) is 18.3 Å². The molecule has 0 bridgehead atoms. The standard InChI is InChI=1S/C16H21NO2S/c1-3-19-16-7-5-4-6-14(16)12(2)17-10-15(18)13-8-9-20-11-13/h4-9,11-12,15,17-18H,3,10H2,1-2H3. The number of aliphatic hydroxyl groups excluding tert-OH is 1. The molecule has 20 heavy (non-hydrogen) atoms. The van der Waals surface area contributed by atoms with Crippen LogP contribution in [-0.2, 0) is 0 Å². The molecule has 0 aliphatic carbocycles. The van der Waals surface area contributed by atoms with Crippen molar-refractivity contribution in [2.75, 3.05) is 13.2 Å². The van der Waals surface area contributed by atoms with Crippen LogP contribution in [0.3, 0.4) is 0 Å². The molecule has 2 atom stereocenters. The van der Waals surface area contributed by atoms with Gasteiger partial charge in [0.1, 0.15) is 5.75 Å². The Bertz CT molecular complexity index is 513. The van der Waals surface area contributed by atoms with E-state index in [4.69, 9.17) is 4.74 Å². The Kier molecular flexibility index (Phi) is 5.59. The van der Waals surface area contributed by atoms with Crippen LogP contribution in [0.15, 0.2) is 41.1 Å². The Morgan fingerprint density at radius 1 is 1.30 bits per heavy atom. The van der Waals surface area contributed by atoms with Crippen LogP contribution in [0.5, 0.6) is 5.75 Å². The second-order valence-electron chi connectivity index (χ2n) is 4.67. The highest BCUT2D eigenvalue weighted by molar-refractivity contribution is 7.07. The molecule has 108 valence electrons. The zero-order valence-corrected chi connectivity index (χ0v) is 12.7. The molecule has 2 rings (SSSR count). The third kappa shape index (κ3) is 3.82. The lowest BCUT2D eigenvalue weighted by Gasteiger charge is -2.19. The first-order valence-electron chi connectivity index (χ1n) is 6.87. The van der Waals surface area contributed by atoms with Gasteiger partial charge in [0.2, 0.25) is 0 Å². The SMILES string of the molecule is CCOc1ccccc1C(C)NCC(O)c1ccsc1. The molecule has 1 aromatic carbocycles. The number of aliphatic hydroxyl groups is 1. The smallest absolute Gasteiger partial charge is 0.124 e. The van der Waals surface area contributed by atoms with E-state index < -0.39 is 6.10 Å². The maximum absolute atomic E-state index is 10.1. The summed E-state index contributed by atoms with van der Waals surface area (Å²) in [6, 6.07) is 10.1. The fourth-order valence-electron chi connectivity index (χ4n) is 2.11. The second-order valence-corrected chi connectivity index (χ2v) is 5.45. The van der Waals surface area contributed by atoms with Crippen LogP contribution in [0, 0.1) is 0 Å². The van der Waals surface area contributed by atoms with Gasteiger partial charge in [-0.25, -0.2) is 0 Å². The van der Waals surface area contributed by atoms with Gasteiger partial charge in [-0.15, -0.1) is 0 Å². The quantitative estimate of drug-likeness (QED) is 0.820. The first-order valence-corrected chi connectivity index (χ1v) is 7.82. The van der Waals surface area contributed by atoms with E-state index in [1.54, 1.807) is 11.3 Å². The van der Waals surface area contributed by atoms with Gasteiger partial charge in [-0.1, -0.05) is 18.2 Å². The molecule has 4 heteroatoms. The first-order chi connectivity index (χ1) is 9.72. The number of ether oxygens (including phenoxy) is 1. The fourth-order valence-corrected chi connectivity index (χ4v) is 2.81. The molecule has 0 radical (unpaired) electrons. The maximum atomic E-state index is 10.1. The maximum Gasteiger partial charge on any atom is 0.124 e. The molecule has 3 nitrogen and oxygen atoms in total. The zero-order chi connectivity index (χ0) is 14.4. The number of rotatable bonds is 7. The number of hydrogen-bond acceptors (Lipinski definition) is 4. The zero-order valence-electron chi connectivity index (χ0n) is 11.9. The van der Waals surface area contributed by atoms with Gasteiger partial charge in [0, 0.05) is 18.2 Å². The topological polar surface area (TPSA) is 41.5 Å². The lowest BCUT2D eigenvalue weighted by molar-refractivity contribution is 0.171. The van der Waals surface area contributed by atoms with E-state index in [1.807, 2.05) is 41.9 Å². The van der Waals surface area contributed by atoms with Crippen molar-refractivity contribution < 1.29 is 9.84 Å². The minimum absolute atomic E-state index is 0.131. The van der Waals surface area contributed by atoms with E-state index in [9.17, 15) is 5.11 Å². The number of thiophene rings is 1. The minimum Gasteiger partial charge on any atom is -0.494 e. The highest BCUT2D eigenvalue weighted by Crippen LogP contribution is 2.25. The van der Waals surface area contributed by atoms with E-state index >= 15 is 0 Å². The molecule has 0 fully saturated rings. The Hall–Kier alpha value is -1.36. The van der Waals surface area contributed by atoms with Gasteiger partial charge in [0.25, 0.3) is 0 Å². The Morgan fingerprint density at radius 2 is 2.10 bits per heavy atom. The van der Waals surface area contributed by atoms with Crippen LogP contribution in [0.4, 0.5) is 0 Å². The second kappa shape index (κ2) is 7.43. The molecule has 2 unspecified atom stereocenters. The average Bonchev–Trinajstić information content (AvgIpc) is 2.99. The van der Waals surface area contributed by atoms with E-state index in [-0.39, 0.29) is 6.04 Å². The van der Waals surface area contributed by atoms with Crippen LogP contribution >= 0.6 is 11.3 Å². The monoisotopic (exact) mass is 291 g/mol. The van der Waals surface area contributed by atoms with Crippen molar-refractivity contribution in [3.63, 3.8) is 0 Å². The van der Waals surface area contributed by atoms with Gasteiger partial charge in [-0.2, -0.15) is 11.3 Å². The minimum atomic E-state index is -0.469. The predicted molar refractivity (Wildman–Crippen MR) is 83.3 cm³/mol. The van der Waals surface area contributed by atoms with E-state index in [0.29, 0.717) is 13.2 Å². The fraction of sp³-hybridized carbons (Fsp3) is 0.375. The molecule has 1 aromatic heterocycles. The van der Waals surface area contributed by atoms with Gasteiger partial charge in [-0.3, -0.25) is 0 Å². The summed E-state index contributed by atoms with van der Waals surface area (Å²) < 4.78 is 5.64. The average molecular weight is 291 g/mol. The molecule has 0 aliphatic heterocycles. The highest BCUT2D eigenvalue weighted by atomic mass is 32.1. The Labute approximate surface area is 124 Å². The van der Waals surface area contributed by atoms with Gasteiger partial charge in [0.05, 0.1) is 12.7 Å². The molecule has 0 saturated carbocycles. The molecule has 2 aromatic rings. The largest absolute Gasteiger partial charge is 0.494 e. The highest BCUT2D eigenvalue weighted by Gasteiger charge is 2.13. The van der Waals surface area contributed by atoms with Crippen molar-refractivity contribution in [3.05, 3.63) is 52.2 Å².